The Morgan fingerprint density at radius 1 is 0.615 bits per heavy atom. The van der Waals surface area contributed by atoms with E-state index in [4.69, 9.17) is 21.7 Å². The van der Waals surface area contributed by atoms with Crippen molar-refractivity contribution in [3.63, 3.8) is 0 Å². The Morgan fingerprint density at radius 3 is 1.00 bits per heavy atom. The van der Waals surface area contributed by atoms with Gasteiger partial charge in [-0.25, -0.2) is 0 Å². The molecule has 0 fully saturated rings. The zero-order valence-electron chi connectivity index (χ0n) is 19.4. The van der Waals surface area contributed by atoms with Crippen LogP contribution in [0, 0.1) is 24.7 Å². The van der Waals surface area contributed by atoms with E-state index in [0.29, 0.717) is 12.8 Å². The molecule has 0 aliphatic carbocycles. The molecule has 26 heavy (non-hydrogen) atoms. The topological polar surface area (TPSA) is 18.5 Å². The lowest BCUT2D eigenvalue weighted by molar-refractivity contribution is 0.0702. The first-order chi connectivity index (χ1) is 11.2. The molecule has 0 amide bonds. The van der Waals surface area contributed by atoms with Gasteiger partial charge in [-0.1, -0.05) is 53.4 Å². The second kappa shape index (κ2) is 7.84. The summed E-state index contributed by atoms with van der Waals surface area (Å²) >= 11 is 0. The fourth-order valence-electron chi connectivity index (χ4n) is 2.21. The molecule has 0 saturated carbocycles. The van der Waals surface area contributed by atoms with Crippen molar-refractivity contribution in [2.45, 2.75) is 116 Å². The summed E-state index contributed by atoms with van der Waals surface area (Å²) in [5.41, 5.74) is -1.25. The van der Waals surface area contributed by atoms with Crippen LogP contribution >= 0.6 is 0 Å². The van der Waals surface area contributed by atoms with Crippen LogP contribution in [0.2, 0.25) is 36.3 Å². The third-order valence-electron chi connectivity index (χ3n) is 6.26. The third-order valence-corrected chi connectivity index (χ3v) is 15.4. The van der Waals surface area contributed by atoms with Gasteiger partial charge in [0.1, 0.15) is 11.2 Å². The summed E-state index contributed by atoms with van der Waals surface area (Å²) in [7, 11) is -3.94. The van der Waals surface area contributed by atoms with Crippen molar-refractivity contribution < 1.29 is 8.85 Å². The van der Waals surface area contributed by atoms with E-state index in [2.05, 4.69) is 79.6 Å². The van der Waals surface area contributed by atoms with E-state index in [-0.39, 0.29) is 10.1 Å². The lowest BCUT2D eigenvalue weighted by atomic mass is 9.93. The fourth-order valence-corrected chi connectivity index (χ4v) is 5.40. The predicted molar refractivity (Wildman–Crippen MR) is 120 cm³/mol. The summed E-state index contributed by atoms with van der Waals surface area (Å²) in [6.45, 7) is 26.3. The first-order valence-corrected chi connectivity index (χ1v) is 15.4. The van der Waals surface area contributed by atoms with E-state index < -0.39 is 27.8 Å². The second-order valence-electron chi connectivity index (χ2n) is 11.0. The van der Waals surface area contributed by atoms with Gasteiger partial charge in [-0.15, -0.1) is 12.8 Å². The lowest BCUT2D eigenvalue weighted by Crippen LogP contribution is -2.50. The van der Waals surface area contributed by atoms with Crippen molar-refractivity contribution in [3.05, 3.63) is 0 Å². The zero-order chi connectivity index (χ0) is 21.2. The van der Waals surface area contributed by atoms with Gasteiger partial charge in [-0.2, -0.15) is 0 Å². The second-order valence-corrected chi connectivity index (χ2v) is 20.4. The van der Waals surface area contributed by atoms with Crippen molar-refractivity contribution in [1.29, 1.82) is 0 Å². The van der Waals surface area contributed by atoms with E-state index >= 15 is 0 Å². The monoisotopic (exact) mass is 394 g/mol. The molecular weight excluding hydrogens is 352 g/mol. The highest BCUT2D eigenvalue weighted by molar-refractivity contribution is 6.74. The van der Waals surface area contributed by atoms with Crippen molar-refractivity contribution in [3.8, 4) is 24.7 Å². The Balaban J connectivity index is 5.37. The molecule has 0 aromatic carbocycles. The minimum atomic E-state index is -1.97. The highest BCUT2D eigenvalue weighted by Crippen LogP contribution is 2.42. The molecule has 2 nitrogen and oxygen atoms in total. The molecule has 0 radical (unpaired) electrons. The average molecular weight is 395 g/mol. The number of terminal acetylenes is 2. The Morgan fingerprint density at radius 2 is 0.846 bits per heavy atom. The molecule has 0 heterocycles. The largest absolute Gasteiger partial charge is 0.401 e. The molecule has 4 heteroatoms. The van der Waals surface area contributed by atoms with Crippen LogP contribution in [-0.4, -0.2) is 27.8 Å². The number of hydrogen-bond donors (Lipinski definition) is 0. The average Bonchev–Trinajstić information content (AvgIpc) is 2.42. The minimum absolute atomic E-state index is 0.109. The lowest BCUT2D eigenvalue weighted by Gasteiger charge is -2.45. The Hall–Kier alpha value is -0.526. The molecule has 0 saturated heterocycles. The van der Waals surface area contributed by atoms with E-state index in [1.165, 1.54) is 0 Å². The number of hydrogen-bond acceptors (Lipinski definition) is 2. The highest BCUT2D eigenvalue weighted by Gasteiger charge is 2.45. The molecule has 150 valence electrons. The van der Waals surface area contributed by atoms with Crippen LogP contribution < -0.4 is 0 Å². The van der Waals surface area contributed by atoms with E-state index in [0.717, 1.165) is 0 Å². The van der Waals surface area contributed by atoms with E-state index in [1.54, 1.807) is 0 Å². The smallest absolute Gasteiger partial charge is 0.194 e. The van der Waals surface area contributed by atoms with Gasteiger partial charge in [-0.3, -0.25) is 0 Å². The van der Waals surface area contributed by atoms with Crippen LogP contribution in [0.5, 0.6) is 0 Å². The van der Waals surface area contributed by atoms with Crippen LogP contribution in [0.1, 0.15) is 68.2 Å². The SMILES string of the molecule is C#C[C@@](C)(CC[C@@](C)(C#C)O[Si](C)(C)C(C)(C)C)O[Si](C)(C)C(C)(C)C. The maximum atomic E-state index is 6.57. The first kappa shape index (κ1) is 25.5. The standard InChI is InChI=1S/C22H42O2Si2/c1-15-21(9,23-25(11,12)19(3,4)5)17-18-22(10,16-2)24-26(13,14)20(6,7)8/h1-2H,17-18H2,3-14H3/t21-,22+. The Labute approximate surface area is 166 Å². The maximum absolute atomic E-state index is 6.57. The Bertz CT molecular complexity index is 515. The minimum Gasteiger partial charge on any atom is -0.401 e. The molecule has 0 spiro atoms. The van der Waals surface area contributed by atoms with E-state index in [1.807, 2.05) is 13.8 Å². The summed E-state index contributed by atoms with van der Waals surface area (Å²) in [6.07, 6.45) is 13.1. The van der Waals surface area contributed by atoms with Gasteiger partial charge < -0.3 is 8.85 Å². The molecule has 0 N–H and O–H groups in total. The third kappa shape index (κ3) is 6.57. The molecule has 0 aromatic rings. The van der Waals surface area contributed by atoms with Gasteiger partial charge in [0, 0.05) is 0 Å². The summed E-state index contributed by atoms with van der Waals surface area (Å²) < 4.78 is 13.1. The number of rotatable bonds is 7. The zero-order valence-corrected chi connectivity index (χ0v) is 21.4. The molecule has 0 bridgehead atoms. The Kier molecular flexibility index (Phi) is 7.68. The molecule has 0 aliphatic heterocycles. The van der Waals surface area contributed by atoms with Gasteiger partial charge in [-0.05, 0) is 63.0 Å². The fraction of sp³-hybridized carbons (Fsp3) is 0.818. The first-order valence-electron chi connectivity index (χ1n) is 9.60. The van der Waals surface area contributed by atoms with Crippen LogP contribution in [-0.2, 0) is 8.85 Å². The van der Waals surface area contributed by atoms with Crippen molar-refractivity contribution in [2.24, 2.45) is 0 Å². The predicted octanol–water partition coefficient (Wildman–Crippen LogP) is 6.59. The quantitative estimate of drug-likeness (QED) is 0.358. The van der Waals surface area contributed by atoms with Gasteiger partial charge in [0.25, 0.3) is 0 Å². The van der Waals surface area contributed by atoms with E-state index in [9.17, 15) is 0 Å². The summed E-state index contributed by atoms with van der Waals surface area (Å²) in [6, 6.07) is 0. The molecule has 2 atom stereocenters. The molecular formula is C22H42O2Si2. The molecule has 0 aliphatic rings. The van der Waals surface area contributed by atoms with Crippen LogP contribution in [0.15, 0.2) is 0 Å². The highest BCUT2D eigenvalue weighted by atomic mass is 28.4. The summed E-state index contributed by atoms with van der Waals surface area (Å²) in [4.78, 5) is 0. The normalized spacial score (nSPS) is 18.4. The summed E-state index contributed by atoms with van der Waals surface area (Å²) in [5.74, 6) is 5.79. The summed E-state index contributed by atoms with van der Waals surface area (Å²) in [5, 5.41) is 0.219. The van der Waals surface area contributed by atoms with Gasteiger partial charge in [0.05, 0.1) is 0 Å². The van der Waals surface area contributed by atoms with Crippen LogP contribution in [0.4, 0.5) is 0 Å². The van der Waals surface area contributed by atoms with Gasteiger partial charge in [0.15, 0.2) is 16.6 Å². The molecule has 0 aromatic heterocycles. The molecule has 0 unspecified atom stereocenters. The van der Waals surface area contributed by atoms with Crippen LogP contribution in [0.25, 0.3) is 0 Å². The van der Waals surface area contributed by atoms with Crippen molar-refractivity contribution in [1.82, 2.24) is 0 Å². The van der Waals surface area contributed by atoms with Gasteiger partial charge in [0.2, 0.25) is 0 Å². The molecule has 0 rings (SSSR count). The van der Waals surface area contributed by atoms with Crippen LogP contribution in [0.3, 0.4) is 0 Å². The van der Waals surface area contributed by atoms with Crippen molar-refractivity contribution >= 4 is 16.6 Å². The van der Waals surface area contributed by atoms with Crippen molar-refractivity contribution in [2.75, 3.05) is 0 Å². The van der Waals surface area contributed by atoms with Gasteiger partial charge >= 0.3 is 0 Å². The maximum Gasteiger partial charge on any atom is 0.194 e.